The summed E-state index contributed by atoms with van der Waals surface area (Å²) >= 11 is 0. The Balaban J connectivity index is 1.78. The summed E-state index contributed by atoms with van der Waals surface area (Å²) < 4.78 is 34.5. The summed E-state index contributed by atoms with van der Waals surface area (Å²) in [6.45, 7) is 3.58. The molecule has 0 bridgehead atoms. The van der Waals surface area contributed by atoms with Crippen molar-refractivity contribution in [1.29, 1.82) is 0 Å². The molecule has 8 nitrogen and oxygen atoms in total. The van der Waals surface area contributed by atoms with Gasteiger partial charge in [-0.1, -0.05) is 0 Å². The molecule has 26 heavy (non-hydrogen) atoms. The van der Waals surface area contributed by atoms with Crippen LogP contribution in [-0.2, 0) is 14.8 Å². The van der Waals surface area contributed by atoms with Crippen molar-refractivity contribution in [2.24, 2.45) is 5.14 Å². The molecule has 2 aliphatic heterocycles. The summed E-state index contributed by atoms with van der Waals surface area (Å²) in [5.74, 6) is 0.0719. The number of piperidine rings is 1. The molecule has 0 saturated carbocycles. The summed E-state index contributed by atoms with van der Waals surface area (Å²) in [6.07, 6.45) is 1.50. The SMILES string of the molecule is COc1ccc(S(N)(=O)=O)cc1C(=O)N1CCC2(CC1)CN(C)CCO2. The number of likely N-dealkylation sites (tertiary alicyclic amines) is 1. The van der Waals surface area contributed by atoms with Gasteiger partial charge < -0.3 is 19.3 Å². The number of hydrogen-bond donors (Lipinski definition) is 1. The topological polar surface area (TPSA) is 102 Å². The van der Waals surface area contributed by atoms with E-state index in [4.69, 9.17) is 14.6 Å². The van der Waals surface area contributed by atoms with Crippen LogP contribution in [0.3, 0.4) is 0 Å². The molecule has 0 radical (unpaired) electrons. The van der Waals surface area contributed by atoms with E-state index >= 15 is 0 Å². The van der Waals surface area contributed by atoms with Crippen LogP contribution in [0, 0.1) is 0 Å². The lowest BCUT2D eigenvalue weighted by atomic mass is 9.89. The van der Waals surface area contributed by atoms with E-state index in [1.807, 2.05) is 0 Å². The maximum atomic E-state index is 13.0. The van der Waals surface area contributed by atoms with Crippen LogP contribution < -0.4 is 9.88 Å². The van der Waals surface area contributed by atoms with E-state index in [0.29, 0.717) is 25.4 Å². The van der Waals surface area contributed by atoms with E-state index in [2.05, 4.69) is 11.9 Å². The van der Waals surface area contributed by atoms with Gasteiger partial charge in [0, 0.05) is 26.2 Å². The predicted octanol–water partition coefficient (Wildman–Crippen LogP) is 0.279. The highest BCUT2D eigenvalue weighted by molar-refractivity contribution is 7.89. The van der Waals surface area contributed by atoms with Gasteiger partial charge in [-0.3, -0.25) is 4.79 Å². The van der Waals surface area contributed by atoms with Crippen molar-refractivity contribution in [3.63, 3.8) is 0 Å². The molecule has 1 aromatic rings. The lowest BCUT2D eigenvalue weighted by molar-refractivity contribution is -0.127. The van der Waals surface area contributed by atoms with Gasteiger partial charge in [0.05, 0.1) is 29.8 Å². The summed E-state index contributed by atoms with van der Waals surface area (Å²) in [5, 5.41) is 5.19. The monoisotopic (exact) mass is 383 g/mol. The van der Waals surface area contributed by atoms with Gasteiger partial charge in [0.25, 0.3) is 5.91 Å². The number of nitrogens with zero attached hydrogens (tertiary/aromatic N) is 2. The Morgan fingerprint density at radius 1 is 1.27 bits per heavy atom. The van der Waals surface area contributed by atoms with Crippen molar-refractivity contribution >= 4 is 15.9 Å². The van der Waals surface area contributed by atoms with Crippen LogP contribution in [-0.4, -0.2) is 76.7 Å². The first kappa shape index (κ1) is 19.1. The van der Waals surface area contributed by atoms with Gasteiger partial charge in [-0.05, 0) is 38.1 Å². The molecular weight excluding hydrogens is 358 g/mol. The van der Waals surface area contributed by atoms with Gasteiger partial charge in [-0.15, -0.1) is 0 Å². The number of amides is 1. The fraction of sp³-hybridized carbons (Fsp3) is 0.588. The molecule has 0 aromatic heterocycles. The molecule has 2 heterocycles. The van der Waals surface area contributed by atoms with Crippen LogP contribution in [0.1, 0.15) is 23.2 Å². The molecule has 9 heteroatoms. The van der Waals surface area contributed by atoms with Gasteiger partial charge in [-0.25, -0.2) is 13.6 Å². The van der Waals surface area contributed by atoms with Crippen LogP contribution in [0.2, 0.25) is 0 Å². The molecular formula is C17H25N3O5S. The van der Waals surface area contributed by atoms with Gasteiger partial charge in [0.15, 0.2) is 0 Å². The van der Waals surface area contributed by atoms with Crippen LogP contribution in [0.25, 0.3) is 0 Å². The van der Waals surface area contributed by atoms with Crippen molar-refractivity contribution in [3.8, 4) is 5.75 Å². The quantitative estimate of drug-likeness (QED) is 0.804. The normalized spacial score (nSPS) is 21.0. The molecule has 0 aliphatic carbocycles. The molecule has 0 unspecified atom stereocenters. The zero-order valence-electron chi connectivity index (χ0n) is 15.1. The Labute approximate surface area is 153 Å². The van der Waals surface area contributed by atoms with E-state index < -0.39 is 10.0 Å². The highest BCUT2D eigenvalue weighted by Crippen LogP contribution is 2.31. The summed E-state index contributed by atoms with van der Waals surface area (Å²) in [4.78, 5) is 16.8. The smallest absolute Gasteiger partial charge is 0.257 e. The van der Waals surface area contributed by atoms with Crippen LogP contribution in [0.5, 0.6) is 5.75 Å². The Hall–Kier alpha value is -1.68. The number of sulfonamides is 1. The number of benzene rings is 1. The number of primary sulfonamides is 1. The first-order chi connectivity index (χ1) is 12.2. The first-order valence-electron chi connectivity index (χ1n) is 8.57. The Kier molecular flexibility index (Phi) is 5.25. The van der Waals surface area contributed by atoms with E-state index in [9.17, 15) is 13.2 Å². The fourth-order valence-electron chi connectivity index (χ4n) is 3.66. The second kappa shape index (κ2) is 7.15. The van der Waals surface area contributed by atoms with Crippen molar-refractivity contribution in [3.05, 3.63) is 23.8 Å². The number of carbonyl (C=O) groups is 1. The number of methoxy groups -OCH3 is 1. The molecule has 1 aromatic carbocycles. The number of rotatable bonds is 3. The number of likely N-dealkylation sites (N-methyl/N-ethyl adjacent to an activating group) is 1. The van der Waals surface area contributed by atoms with Crippen molar-refractivity contribution in [2.75, 3.05) is 46.9 Å². The second-order valence-electron chi connectivity index (χ2n) is 6.97. The maximum Gasteiger partial charge on any atom is 0.257 e. The summed E-state index contributed by atoms with van der Waals surface area (Å²) in [7, 11) is -0.376. The number of nitrogens with two attached hydrogens (primary N) is 1. The van der Waals surface area contributed by atoms with E-state index in [1.54, 1.807) is 4.90 Å². The average molecular weight is 383 g/mol. The lowest BCUT2D eigenvalue weighted by Gasteiger charge is -2.46. The third kappa shape index (κ3) is 3.85. The third-order valence-corrected chi connectivity index (χ3v) is 6.04. The summed E-state index contributed by atoms with van der Waals surface area (Å²) in [5.41, 5.74) is 0.00713. The minimum absolute atomic E-state index is 0.104. The molecule has 1 spiro atoms. The van der Waals surface area contributed by atoms with Gasteiger partial charge in [-0.2, -0.15) is 0 Å². The molecule has 2 fully saturated rings. The Morgan fingerprint density at radius 2 is 1.96 bits per heavy atom. The van der Waals surface area contributed by atoms with E-state index in [0.717, 1.165) is 25.9 Å². The van der Waals surface area contributed by atoms with Crippen molar-refractivity contribution < 1.29 is 22.7 Å². The minimum Gasteiger partial charge on any atom is -0.496 e. The average Bonchev–Trinajstić information content (AvgIpc) is 2.60. The number of carbonyl (C=O) groups excluding carboxylic acids is 1. The molecule has 2 N–H and O–H groups in total. The molecule has 2 saturated heterocycles. The molecule has 3 rings (SSSR count). The zero-order valence-corrected chi connectivity index (χ0v) is 15.9. The molecule has 1 amide bonds. The van der Waals surface area contributed by atoms with Gasteiger partial charge >= 0.3 is 0 Å². The largest absolute Gasteiger partial charge is 0.496 e. The van der Waals surface area contributed by atoms with Crippen LogP contribution in [0.15, 0.2) is 23.1 Å². The van der Waals surface area contributed by atoms with Gasteiger partial charge in [0.1, 0.15) is 5.75 Å². The molecule has 2 aliphatic rings. The van der Waals surface area contributed by atoms with Crippen LogP contribution >= 0.6 is 0 Å². The van der Waals surface area contributed by atoms with E-state index in [-0.39, 0.29) is 22.0 Å². The predicted molar refractivity (Wildman–Crippen MR) is 95.7 cm³/mol. The molecule has 144 valence electrons. The van der Waals surface area contributed by atoms with Crippen LogP contribution in [0.4, 0.5) is 0 Å². The fourth-order valence-corrected chi connectivity index (χ4v) is 4.20. The number of morpholine rings is 1. The molecule has 0 atom stereocenters. The van der Waals surface area contributed by atoms with Gasteiger partial charge in [0.2, 0.25) is 10.0 Å². The third-order valence-electron chi connectivity index (χ3n) is 5.13. The standard InChI is InChI=1S/C17H25N3O5S/c1-19-9-10-25-17(12-19)5-7-20(8-6-17)16(21)14-11-13(26(18,22)23)3-4-15(14)24-2/h3-4,11H,5-10,12H2,1-2H3,(H2,18,22,23). The Bertz CT molecular complexity index is 788. The van der Waals surface area contributed by atoms with Crippen molar-refractivity contribution in [1.82, 2.24) is 9.80 Å². The number of ether oxygens (including phenoxy) is 2. The number of hydrogen-bond acceptors (Lipinski definition) is 6. The van der Waals surface area contributed by atoms with Crippen molar-refractivity contribution in [2.45, 2.75) is 23.3 Å². The zero-order chi connectivity index (χ0) is 18.9. The highest BCUT2D eigenvalue weighted by Gasteiger charge is 2.40. The first-order valence-corrected chi connectivity index (χ1v) is 10.1. The maximum absolute atomic E-state index is 13.0. The summed E-state index contributed by atoms with van der Waals surface area (Å²) in [6, 6.07) is 4.07. The lowest BCUT2D eigenvalue weighted by Crippen LogP contribution is -2.56. The second-order valence-corrected chi connectivity index (χ2v) is 8.53. The van der Waals surface area contributed by atoms with E-state index in [1.165, 1.54) is 25.3 Å². The highest BCUT2D eigenvalue weighted by atomic mass is 32.2. The minimum atomic E-state index is -3.89. The Morgan fingerprint density at radius 3 is 2.54 bits per heavy atom.